The van der Waals surface area contributed by atoms with Crippen molar-refractivity contribution in [2.24, 2.45) is 5.92 Å². The van der Waals surface area contributed by atoms with Gasteiger partial charge >= 0.3 is 12.2 Å². The second-order valence-corrected chi connectivity index (χ2v) is 13.9. The van der Waals surface area contributed by atoms with Crippen LogP contribution >= 0.6 is 22.7 Å². The van der Waals surface area contributed by atoms with Crippen LogP contribution in [0.15, 0.2) is 77.8 Å². The molecule has 0 spiro atoms. The lowest BCUT2D eigenvalue weighted by Gasteiger charge is -2.30. The Labute approximate surface area is 294 Å². The van der Waals surface area contributed by atoms with Gasteiger partial charge in [0.05, 0.1) is 28.2 Å². The van der Waals surface area contributed by atoms with E-state index in [9.17, 15) is 19.5 Å². The summed E-state index contributed by atoms with van der Waals surface area (Å²) in [5, 5.41) is 22.8. The number of hydrogen-bond acceptors (Lipinski definition) is 11. The summed E-state index contributed by atoms with van der Waals surface area (Å²) in [6.45, 7) is 3.67. The van der Waals surface area contributed by atoms with E-state index in [0.29, 0.717) is 18.5 Å². The van der Waals surface area contributed by atoms with Crippen molar-refractivity contribution in [3.63, 3.8) is 0 Å². The third kappa shape index (κ3) is 12.5. The van der Waals surface area contributed by atoms with Crippen LogP contribution in [0.1, 0.15) is 42.0 Å². The van der Waals surface area contributed by atoms with Crippen molar-refractivity contribution in [1.29, 1.82) is 0 Å². The number of alkyl carbamates (subject to hydrolysis) is 2. The molecule has 12 nitrogen and oxygen atoms in total. The number of hydrogen-bond donors (Lipinski definition) is 4. The third-order valence-corrected chi connectivity index (χ3v) is 9.40. The molecule has 2 heterocycles. The quantitative estimate of drug-likeness (QED) is 0.120. The number of ether oxygens (including phenoxy) is 2. The van der Waals surface area contributed by atoms with Crippen LogP contribution in [0.2, 0.25) is 0 Å². The Bertz CT molecular complexity index is 1590. The van der Waals surface area contributed by atoms with Crippen molar-refractivity contribution >= 4 is 45.9 Å². The molecular weight excluding hydrogens is 665 g/mol. The summed E-state index contributed by atoms with van der Waals surface area (Å²) in [4.78, 5) is 50.4. The maximum absolute atomic E-state index is 13.7. The van der Waals surface area contributed by atoms with Gasteiger partial charge in [0.2, 0.25) is 5.91 Å². The Kier molecular flexibility index (Phi) is 14.4. The van der Waals surface area contributed by atoms with E-state index in [-0.39, 0.29) is 25.6 Å². The number of aliphatic hydroxyl groups is 1. The number of nitrogens with zero attached hydrogens (tertiary/aromatic N) is 3. The molecule has 4 aromatic rings. The van der Waals surface area contributed by atoms with Crippen molar-refractivity contribution in [2.45, 2.75) is 70.6 Å². The van der Waals surface area contributed by atoms with E-state index in [0.717, 1.165) is 21.1 Å². The summed E-state index contributed by atoms with van der Waals surface area (Å²) < 4.78 is 10.8. The molecule has 0 radical (unpaired) electrons. The molecule has 4 atom stereocenters. The SMILES string of the molecule is CC(C)[C@H](NC(=O)OCc1csc(N(C)C)n1)C(=O)N[C@@H](Cc1ccccc1)[C@@H](O)C[C@H](Cc1ccccc1)NC(=O)OCc1cncs1. The Balaban J connectivity index is 1.44. The summed E-state index contributed by atoms with van der Waals surface area (Å²) in [6.07, 6.45) is 0.0506. The molecule has 0 aliphatic carbocycles. The molecule has 14 heteroatoms. The van der Waals surface area contributed by atoms with E-state index in [2.05, 4.69) is 25.9 Å². The van der Waals surface area contributed by atoms with Crippen molar-refractivity contribution in [2.75, 3.05) is 19.0 Å². The van der Waals surface area contributed by atoms with Gasteiger partial charge in [0.1, 0.15) is 19.3 Å². The fourth-order valence-electron chi connectivity index (χ4n) is 5.04. The van der Waals surface area contributed by atoms with Crippen LogP contribution in [0.3, 0.4) is 0 Å². The van der Waals surface area contributed by atoms with Crippen LogP contribution in [-0.2, 0) is 40.3 Å². The highest BCUT2D eigenvalue weighted by Gasteiger charge is 2.31. The van der Waals surface area contributed by atoms with Gasteiger partial charge in [0.25, 0.3) is 0 Å². The molecule has 49 heavy (non-hydrogen) atoms. The maximum atomic E-state index is 13.7. The minimum atomic E-state index is -1.07. The Morgan fingerprint density at radius 2 is 1.49 bits per heavy atom. The van der Waals surface area contributed by atoms with E-state index in [4.69, 9.17) is 9.47 Å². The third-order valence-electron chi connectivity index (χ3n) is 7.59. The molecule has 0 saturated carbocycles. The summed E-state index contributed by atoms with van der Waals surface area (Å²) in [5.41, 5.74) is 4.13. The predicted molar refractivity (Wildman–Crippen MR) is 190 cm³/mol. The molecule has 0 fully saturated rings. The first-order valence-corrected chi connectivity index (χ1v) is 17.7. The van der Waals surface area contributed by atoms with Crippen molar-refractivity contribution < 1.29 is 29.0 Å². The monoisotopic (exact) mass is 708 g/mol. The van der Waals surface area contributed by atoms with Gasteiger partial charge in [-0.3, -0.25) is 9.78 Å². The van der Waals surface area contributed by atoms with Gasteiger partial charge in [-0.1, -0.05) is 74.5 Å². The molecule has 2 aromatic carbocycles. The fraction of sp³-hybridized carbons (Fsp3) is 0.400. The van der Waals surface area contributed by atoms with Gasteiger partial charge in [-0.05, 0) is 36.3 Å². The van der Waals surface area contributed by atoms with Crippen LogP contribution in [0.25, 0.3) is 0 Å². The second-order valence-electron chi connectivity index (χ2n) is 12.1. The summed E-state index contributed by atoms with van der Waals surface area (Å²) in [7, 11) is 3.76. The van der Waals surface area contributed by atoms with Crippen molar-refractivity contribution in [3.05, 3.63) is 99.4 Å². The second kappa shape index (κ2) is 18.9. The number of thiazole rings is 2. The maximum Gasteiger partial charge on any atom is 0.408 e. The lowest BCUT2D eigenvalue weighted by Crippen LogP contribution is -2.56. The molecule has 262 valence electrons. The Morgan fingerprint density at radius 1 is 0.857 bits per heavy atom. The molecular formula is C35H44N6O6S2. The van der Waals surface area contributed by atoms with Crippen LogP contribution in [0.5, 0.6) is 0 Å². The lowest BCUT2D eigenvalue weighted by atomic mass is 9.93. The zero-order valence-electron chi connectivity index (χ0n) is 28.1. The number of anilines is 1. The number of carbonyl (C=O) groups is 3. The summed E-state index contributed by atoms with van der Waals surface area (Å²) in [5.74, 6) is -0.755. The van der Waals surface area contributed by atoms with Gasteiger partial charge < -0.3 is 35.4 Å². The Morgan fingerprint density at radius 3 is 2.08 bits per heavy atom. The van der Waals surface area contributed by atoms with Crippen LogP contribution in [0, 0.1) is 5.92 Å². The largest absolute Gasteiger partial charge is 0.444 e. The van der Waals surface area contributed by atoms with Crippen molar-refractivity contribution in [3.8, 4) is 0 Å². The van der Waals surface area contributed by atoms with Crippen LogP contribution < -0.4 is 20.9 Å². The van der Waals surface area contributed by atoms with E-state index < -0.39 is 42.3 Å². The summed E-state index contributed by atoms with van der Waals surface area (Å²) >= 11 is 2.82. The number of benzene rings is 2. The van der Waals surface area contributed by atoms with Gasteiger partial charge in [0.15, 0.2) is 5.13 Å². The van der Waals surface area contributed by atoms with Crippen LogP contribution in [0.4, 0.5) is 14.7 Å². The van der Waals surface area contributed by atoms with Crippen LogP contribution in [-0.4, -0.2) is 71.5 Å². The van der Waals surface area contributed by atoms with Gasteiger partial charge in [-0.15, -0.1) is 22.7 Å². The molecule has 0 unspecified atom stereocenters. The number of aliphatic hydroxyl groups excluding tert-OH is 1. The zero-order chi connectivity index (χ0) is 35.2. The highest BCUT2D eigenvalue weighted by atomic mass is 32.1. The molecule has 0 aliphatic heterocycles. The number of nitrogens with one attached hydrogen (secondary N) is 3. The highest BCUT2D eigenvalue weighted by Crippen LogP contribution is 2.19. The molecule has 3 amide bonds. The van der Waals surface area contributed by atoms with Crippen molar-refractivity contribution in [1.82, 2.24) is 25.9 Å². The first kappa shape index (κ1) is 37.3. The molecule has 4 N–H and O–H groups in total. The molecule has 2 aromatic heterocycles. The van der Waals surface area contributed by atoms with E-state index in [1.165, 1.54) is 22.7 Å². The predicted octanol–water partition coefficient (Wildman–Crippen LogP) is 4.93. The van der Waals surface area contributed by atoms with Gasteiger partial charge in [-0.25, -0.2) is 14.6 Å². The van der Waals surface area contributed by atoms with E-state index >= 15 is 0 Å². The van der Waals surface area contributed by atoms with E-state index in [1.54, 1.807) is 11.7 Å². The number of amides is 3. The average Bonchev–Trinajstić information content (AvgIpc) is 3.79. The minimum Gasteiger partial charge on any atom is -0.444 e. The van der Waals surface area contributed by atoms with Gasteiger partial charge in [-0.2, -0.15) is 0 Å². The van der Waals surface area contributed by atoms with E-state index in [1.807, 2.05) is 98.9 Å². The fourth-order valence-corrected chi connectivity index (χ4v) is 6.29. The number of carbonyl (C=O) groups excluding carboxylic acids is 3. The topological polar surface area (TPSA) is 155 Å². The van der Waals surface area contributed by atoms with Gasteiger partial charge in [0, 0.05) is 31.7 Å². The smallest absolute Gasteiger partial charge is 0.408 e. The normalized spacial score (nSPS) is 13.5. The molecule has 0 aliphatic rings. The zero-order valence-corrected chi connectivity index (χ0v) is 29.7. The first-order chi connectivity index (χ1) is 23.6. The number of rotatable bonds is 17. The highest BCUT2D eigenvalue weighted by molar-refractivity contribution is 7.13. The lowest BCUT2D eigenvalue weighted by molar-refractivity contribution is -0.125. The summed E-state index contributed by atoms with van der Waals surface area (Å²) in [6, 6.07) is 16.9. The number of aromatic nitrogens is 2. The minimum absolute atomic E-state index is 0.0413. The molecule has 4 rings (SSSR count). The Hall–Kier alpha value is -4.53. The molecule has 0 bridgehead atoms. The first-order valence-electron chi connectivity index (χ1n) is 16.0. The average molecular weight is 709 g/mol. The standard InChI is InChI=1S/C35H44N6O6S2/c1-23(2)31(40-35(45)46-19-27-21-48-33(37-27)41(3)4)32(43)39-29(16-25-13-9-6-10-14-25)30(42)17-26(15-24-11-7-5-8-12-24)38-34(44)47-20-28-18-36-22-49-28/h5-14,18,21-23,26,29-31,42H,15-17,19-20H2,1-4H3,(H,38,44)(H,39,43)(H,40,45)/t26-,29-,30-,31-/m0/s1. The molecule has 0 saturated heterocycles.